The molecule has 0 saturated carbocycles. The number of carbonyl (C=O) groups excluding carboxylic acids is 2. The lowest BCUT2D eigenvalue weighted by molar-refractivity contribution is -0.138. The number of carbonyl (C=O) groups is 2. The molecule has 0 spiro atoms. The van der Waals surface area contributed by atoms with Gasteiger partial charge in [0.2, 0.25) is 0 Å². The van der Waals surface area contributed by atoms with E-state index in [4.69, 9.17) is 16.3 Å². The van der Waals surface area contributed by atoms with Crippen LogP contribution in [0.15, 0.2) is 53.4 Å². The summed E-state index contributed by atoms with van der Waals surface area (Å²) in [5.74, 6) is 0.213. The van der Waals surface area contributed by atoms with Crippen molar-refractivity contribution < 1.29 is 14.3 Å². The third-order valence-electron chi connectivity index (χ3n) is 4.46. The van der Waals surface area contributed by atoms with Gasteiger partial charge in [-0.15, -0.1) is 11.8 Å². The number of ether oxygens (including phenoxy) is 1. The van der Waals surface area contributed by atoms with Crippen LogP contribution >= 0.6 is 23.4 Å². The molecule has 0 aliphatic carbocycles. The van der Waals surface area contributed by atoms with Crippen molar-refractivity contribution in [2.45, 2.75) is 36.5 Å². The Morgan fingerprint density at radius 2 is 1.70 bits per heavy atom. The number of benzene rings is 2. The zero-order valence-corrected chi connectivity index (χ0v) is 16.8. The Labute approximate surface area is 168 Å². The van der Waals surface area contributed by atoms with Crippen molar-refractivity contribution in [3.63, 3.8) is 0 Å². The fourth-order valence-electron chi connectivity index (χ4n) is 2.91. The lowest BCUT2D eigenvalue weighted by Crippen LogP contribution is -2.38. The van der Waals surface area contributed by atoms with Gasteiger partial charge in [0, 0.05) is 28.8 Å². The minimum absolute atomic E-state index is 0.114. The zero-order chi connectivity index (χ0) is 19.2. The van der Waals surface area contributed by atoms with E-state index < -0.39 is 12.1 Å². The fourth-order valence-corrected chi connectivity index (χ4v) is 3.89. The van der Waals surface area contributed by atoms with Crippen LogP contribution in [-0.4, -0.2) is 36.0 Å². The Morgan fingerprint density at radius 1 is 1.07 bits per heavy atom. The van der Waals surface area contributed by atoms with Gasteiger partial charge in [-0.25, -0.2) is 4.79 Å². The van der Waals surface area contributed by atoms with Gasteiger partial charge >= 0.3 is 5.97 Å². The van der Waals surface area contributed by atoms with E-state index in [0.29, 0.717) is 5.56 Å². The largest absolute Gasteiger partial charge is 0.449 e. The molecule has 6 heteroatoms. The van der Waals surface area contributed by atoms with E-state index in [9.17, 15) is 9.59 Å². The summed E-state index contributed by atoms with van der Waals surface area (Å²) in [7, 11) is 0. The molecule has 27 heavy (non-hydrogen) atoms. The standard InChI is InChI=1S/C21H22ClNO3S/c1-15(20(24)23-12-2-3-13-23)26-21(25)17-6-4-16(5-7-17)14-27-19-10-8-18(22)9-11-19/h4-11,15H,2-3,12-14H2,1H3/t15-/m1/s1. The fraction of sp³-hybridized carbons (Fsp3) is 0.333. The van der Waals surface area contributed by atoms with Crippen molar-refractivity contribution in [1.29, 1.82) is 0 Å². The van der Waals surface area contributed by atoms with Crippen molar-refractivity contribution in [1.82, 2.24) is 4.90 Å². The number of nitrogens with zero attached hydrogens (tertiary/aromatic N) is 1. The third-order valence-corrected chi connectivity index (χ3v) is 5.79. The molecular weight excluding hydrogens is 382 g/mol. The first kappa shape index (κ1) is 19.8. The van der Waals surface area contributed by atoms with Crippen LogP contribution in [0.3, 0.4) is 0 Å². The maximum Gasteiger partial charge on any atom is 0.338 e. The Bertz CT molecular complexity index is 786. The Kier molecular flexibility index (Phi) is 6.80. The van der Waals surface area contributed by atoms with Gasteiger partial charge in [0.05, 0.1) is 5.56 Å². The van der Waals surface area contributed by atoms with Gasteiger partial charge in [-0.3, -0.25) is 4.79 Å². The lowest BCUT2D eigenvalue weighted by Gasteiger charge is -2.20. The molecule has 0 radical (unpaired) electrons. The van der Waals surface area contributed by atoms with Crippen molar-refractivity contribution in [2.24, 2.45) is 0 Å². The van der Waals surface area contributed by atoms with Crippen LogP contribution in [0.4, 0.5) is 0 Å². The van der Waals surface area contributed by atoms with Gasteiger partial charge in [0.25, 0.3) is 5.91 Å². The van der Waals surface area contributed by atoms with Crippen molar-refractivity contribution >= 4 is 35.2 Å². The van der Waals surface area contributed by atoms with Crippen LogP contribution in [0.25, 0.3) is 0 Å². The molecule has 2 aromatic rings. The summed E-state index contributed by atoms with van der Waals surface area (Å²) in [6.07, 6.45) is 1.28. The number of likely N-dealkylation sites (tertiary alicyclic amines) is 1. The topological polar surface area (TPSA) is 46.6 Å². The monoisotopic (exact) mass is 403 g/mol. The third kappa shape index (κ3) is 5.50. The molecule has 1 amide bonds. The molecule has 1 aliphatic rings. The minimum atomic E-state index is -0.754. The van der Waals surface area contributed by atoms with Gasteiger partial charge in [-0.1, -0.05) is 23.7 Å². The number of thioether (sulfide) groups is 1. The molecule has 1 aliphatic heterocycles. The number of halogens is 1. The second-order valence-electron chi connectivity index (χ2n) is 6.52. The first-order chi connectivity index (χ1) is 13.0. The van der Waals surface area contributed by atoms with E-state index in [-0.39, 0.29) is 5.91 Å². The van der Waals surface area contributed by atoms with Crippen LogP contribution in [0.5, 0.6) is 0 Å². The summed E-state index contributed by atoms with van der Waals surface area (Å²) >= 11 is 7.59. The molecular formula is C21H22ClNO3S. The van der Waals surface area contributed by atoms with Crippen LogP contribution in [-0.2, 0) is 15.3 Å². The number of esters is 1. The number of hydrogen-bond donors (Lipinski definition) is 0. The number of rotatable bonds is 6. The van der Waals surface area contributed by atoms with Gasteiger partial charge in [-0.2, -0.15) is 0 Å². The van der Waals surface area contributed by atoms with Gasteiger partial charge in [-0.05, 0) is 61.7 Å². The van der Waals surface area contributed by atoms with Crippen molar-refractivity contribution in [3.05, 3.63) is 64.7 Å². The maximum atomic E-state index is 12.3. The molecule has 3 rings (SSSR count). The van der Waals surface area contributed by atoms with Crippen LogP contribution < -0.4 is 0 Å². The first-order valence-corrected chi connectivity index (χ1v) is 10.4. The van der Waals surface area contributed by atoms with Crippen LogP contribution in [0.2, 0.25) is 5.02 Å². The summed E-state index contributed by atoms with van der Waals surface area (Å²) in [4.78, 5) is 27.4. The number of amides is 1. The Balaban J connectivity index is 1.52. The Hall–Kier alpha value is -1.98. The molecule has 4 nitrogen and oxygen atoms in total. The van der Waals surface area contributed by atoms with Gasteiger partial charge in [0.1, 0.15) is 0 Å². The normalized spacial score (nSPS) is 14.8. The maximum absolute atomic E-state index is 12.3. The SMILES string of the molecule is C[C@@H](OC(=O)c1ccc(CSc2ccc(Cl)cc2)cc1)C(=O)N1CCCC1. The second-order valence-corrected chi connectivity index (χ2v) is 8.00. The van der Waals surface area contributed by atoms with Gasteiger partial charge < -0.3 is 9.64 Å². The van der Waals surface area contributed by atoms with E-state index in [1.54, 1.807) is 35.7 Å². The summed E-state index contributed by atoms with van der Waals surface area (Å²) in [6.45, 7) is 3.14. The summed E-state index contributed by atoms with van der Waals surface area (Å²) in [6, 6.07) is 15.0. The van der Waals surface area contributed by atoms with Gasteiger partial charge in [0.15, 0.2) is 6.10 Å². The Morgan fingerprint density at radius 3 is 2.33 bits per heavy atom. The molecule has 1 atom stereocenters. The highest BCUT2D eigenvalue weighted by Crippen LogP contribution is 2.24. The highest BCUT2D eigenvalue weighted by atomic mass is 35.5. The molecule has 0 unspecified atom stereocenters. The highest BCUT2D eigenvalue weighted by Gasteiger charge is 2.26. The van der Waals surface area contributed by atoms with E-state index in [2.05, 4.69) is 0 Å². The molecule has 142 valence electrons. The quantitative estimate of drug-likeness (QED) is 0.513. The highest BCUT2D eigenvalue weighted by molar-refractivity contribution is 7.98. The van der Waals surface area contributed by atoms with E-state index in [0.717, 1.165) is 47.2 Å². The van der Waals surface area contributed by atoms with Crippen LogP contribution in [0, 0.1) is 0 Å². The number of hydrogen-bond acceptors (Lipinski definition) is 4. The molecule has 0 bridgehead atoms. The molecule has 1 heterocycles. The van der Waals surface area contributed by atoms with E-state index >= 15 is 0 Å². The second kappa shape index (κ2) is 9.29. The zero-order valence-electron chi connectivity index (χ0n) is 15.2. The summed E-state index contributed by atoms with van der Waals surface area (Å²) in [5.41, 5.74) is 1.56. The minimum Gasteiger partial charge on any atom is -0.449 e. The smallest absolute Gasteiger partial charge is 0.338 e. The van der Waals surface area contributed by atoms with Crippen molar-refractivity contribution in [3.8, 4) is 0 Å². The first-order valence-electron chi connectivity index (χ1n) is 9.00. The molecule has 1 fully saturated rings. The average molecular weight is 404 g/mol. The average Bonchev–Trinajstić information content (AvgIpc) is 3.22. The molecule has 1 saturated heterocycles. The predicted molar refractivity (Wildman–Crippen MR) is 108 cm³/mol. The molecule has 0 N–H and O–H groups in total. The lowest BCUT2D eigenvalue weighted by atomic mass is 10.1. The molecule has 0 aromatic heterocycles. The van der Waals surface area contributed by atoms with Crippen molar-refractivity contribution in [2.75, 3.05) is 13.1 Å². The van der Waals surface area contributed by atoms with Crippen LogP contribution in [0.1, 0.15) is 35.7 Å². The summed E-state index contributed by atoms with van der Waals surface area (Å²) in [5, 5.41) is 0.722. The molecule has 2 aromatic carbocycles. The van der Waals surface area contributed by atoms with E-state index in [1.807, 2.05) is 36.4 Å². The predicted octanol–water partition coefficient (Wildman–Crippen LogP) is 4.80. The van der Waals surface area contributed by atoms with E-state index in [1.165, 1.54) is 0 Å². The summed E-state index contributed by atoms with van der Waals surface area (Å²) < 4.78 is 5.34.